The smallest absolute Gasteiger partial charge is 0.174 e. The molecule has 142 valence electrons. The first-order valence-electron chi connectivity index (χ1n) is 9.24. The Morgan fingerprint density at radius 3 is 2.52 bits per heavy atom. The summed E-state index contributed by atoms with van der Waals surface area (Å²) in [5.41, 5.74) is 0.799. The maximum Gasteiger partial charge on any atom is 0.174 e. The molecule has 1 unspecified atom stereocenters. The Labute approximate surface area is 162 Å². The van der Waals surface area contributed by atoms with Crippen LogP contribution in [0.25, 0.3) is 5.57 Å². The minimum Gasteiger partial charge on any atom is -0.874 e. The lowest BCUT2D eigenvalue weighted by Crippen LogP contribution is -2.35. The monoisotopic (exact) mass is 385 g/mol. The number of hydrogen-bond donors (Lipinski definition) is 0. The van der Waals surface area contributed by atoms with Gasteiger partial charge in [-0.25, -0.2) is 4.39 Å². The van der Waals surface area contributed by atoms with Gasteiger partial charge in [0.15, 0.2) is 5.78 Å². The number of halogens is 1. The van der Waals surface area contributed by atoms with Crippen LogP contribution in [0.2, 0.25) is 0 Å². The quantitative estimate of drug-likeness (QED) is 0.810. The number of anilines is 2. The summed E-state index contributed by atoms with van der Waals surface area (Å²) < 4.78 is 14.4. The number of ketones is 1. The van der Waals surface area contributed by atoms with E-state index in [2.05, 4.69) is 4.90 Å². The molecule has 0 N–H and O–H groups in total. The first kappa shape index (κ1) is 18.0. The highest BCUT2D eigenvalue weighted by Gasteiger charge is 2.37. The van der Waals surface area contributed by atoms with Crippen molar-refractivity contribution in [2.75, 3.05) is 37.0 Å². The van der Waals surface area contributed by atoms with Crippen LogP contribution in [0.15, 0.2) is 36.1 Å². The molecule has 1 aliphatic heterocycles. The van der Waals surface area contributed by atoms with E-state index in [0.717, 1.165) is 23.0 Å². The van der Waals surface area contributed by atoms with Gasteiger partial charge in [0.25, 0.3) is 0 Å². The zero-order valence-corrected chi connectivity index (χ0v) is 16.3. The van der Waals surface area contributed by atoms with Crippen LogP contribution in [0.3, 0.4) is 0 Å². The molecule has 27 heavy (non-hydrogen) atoms. The van der Waals surface area contributed by atoms with E-state index in [4.69, 9.17) is 0 Å². The lowest BCUT2D eigenvalue weighted by Gasteiger charge is -2.36. The molecular weight excluding hydrogens is 363 g/mol. The number of allylic oxidation sites excluding steroid dienone is 2. The number of rotatable bonds is 4. The lowest BCUT2D eigenvalue weighted by molar-refractivity contribution is -0.309. The predicted molar refractivity (Wildman–Crippen MR) is 106 cm³/mol. The lowest BCUT2D eigenvalue weighted by atomic mass is 9.77. The molecule has 0 radical (unpaired) electrons. The average molecular weight is 385 g/mol. The third-order valence-corrected chi connectivity index (χ3v) is 6.53. The number of nitrogens with zero attached hydrogens (tertiary/aromatic N) is 2. The molecule has 4 rings (SSSR count). The first-order chi connectivity index (χ1) is 13.0. The molecule has 0 saturated carbocycles. The van der Waals surface area contributed by atoms with Gasteiger partial charge in [-0.2, -0.15) is 0 Å². The minimum absolute atomic E-state index is 0.00395. The van der Waals surface area contributed by atoms with Crippen molar-refractivity contribution in [3.63, 3.8) is 0 Å². The van der Waals surface area contributed by atoms with Crippen molar-refractivity contribution in [1.82, 2.24) is 0 Å². The van der Waals surface area contributed by atoms with E-state index in [1.165, 1.54) is 42.7 Å². The van der Waals surface area contributed by atoms with Gasteiger partial charge in [-0.1, -0.05) is 0 Å². The predicted octanol–water partition coefficient (Wildman–Crippen LogP) is 3.38. The second kappa shape index (κ2) is 7.00. The second-order valence-corrected chi connectivity index (χ2v) is 8.41. The molecule has 1 aliphatic carbocycles. The Bertz CT molecular complexity index is 913. The summed E-state index contributed by atoms with van der Waals surface area (Å²) in [5, 5.41) is 13.8. The Morgan fingerprint density at radius 2 is 1.89 bits per heavy atom. The molecule has 2 heterocycles. The van der Waals surface area contributed by atoms with Crippen LogP contribution in [-0.4, -0.2) is 33.0 Å². The van der Waals surface area contributed by atoms with Gasteiger partial charge in [0.1, 0.15) is 5.82 Å². The fourth-order valence-electron chi connectivity index (χ4n) is 3.74. The van der Waals surface area contributed by atoms with E-state index in [0.29, 0.717) is 5.69 Å². The Morgan fingerprint density at radius 1 is 1.15 bits per heavy atom. The Hall–Kier alpha value is -2.34. The molecule has 1 aromatic carbocycles. The zero-order chi connectivity index (χ0) is 19.1. The fraction of sp³-hybridized carbons (Fsp3) is 0.381. The number of Topliss-reactive ketones (excluding diaryl/α,β-unsaturated/α-hetero) is 1. The molecule has 0 bridgehead atoms. The van der Waals surface area contributed by atoms with Crippen molar-refractivity contribution in [3.05, 3.63) is 52.3 Å². The highest BCUT2D eigenvalue weighted by atomic mass is 32.1. The third-order valence-electron chi connectivity index (χ3n) is 5.32. The highest BCUT2D eigenvalue weighted by Crippen LogP contribution is 2.45. The number of thiophene rings is 1. The molecule has 0 amide bonds. The summed E-state index contributed by atoms with van der Waals surface area (Å²) in [7, 11) is 3.63. The SMILES string of the molecule is CN(C)c1ccc(C2=C([O-])C(c3ccc(N4CCCCC4)s3)C2=O)c(F)c1. The van der Waals surface area contributed by atoms with Crippen LogP contribution in [0.1, 0.15) is 35.6 Å². The van der Waals surface area contributed by atoms with E-state index in [1.807, 2.05) is 26.2 Å². The van der Waals surface area contributed by atoms with Crippen LogP contribution < -0.4 is 14.9 Å². The molecule has 4 nitrogen and oxygen atoms in total. The van der Waals surface area contributed by atoms with Crippen molar-refractivity contribution in [1.29, 1.82) is 0 Å². The van der Waals surface area contributed by atoms with Crippen molar-refractivity contribution in [3.8, 4) is 0 Å². The Balaban J connectivity index is 1.60. The normalized spacial score (nSPS) is 20.0. The van der Waals surface area contributed by atoms with Gasteiger partial charge in [-0.15, -0.1) is 17.1 Å². The van der Waals surface area contributed by atoms with Crippen LogP contribution in [-0.2, 0) is 4.79 Å². The van der Waals surface area contributed by atoms with Gasteiger partial charge < -0.3 is 14.9 Å². The van der Waals surface area contributed by atoms with Gasteiger partial charge in [-0.05, 0) is 49.6 Å². The average Bonchev–Trinajstić information content (AvgIpc) is 3.13. The second-order valence-electron chi connectivity index (χ2n) is 7.32. The molecule has 1 saturated heterocycles. The van der Waals surface area contributed by atoms with E-state index in [9.17, 15) is 14.3 Å². The fourth-order valence-corrected chi connectivity index (χ4v) is 4.90. The molecular formula is C21H22FN2O2S-. The van der Waals surface area contributed by atoms with E-state index in [-0.39, 0.29) is 22.7 Å². The van der Waals surface area contributed by atoms with Gasteiger partial charge in [-0.3, -0.25) is 4.79 Å². The molecule has 2 aliphatic rings. The highest BCUT2D eigenvalue weighted by molar-refractivity contribution is 7.16. The molecule has 1 atom stereocenters. The van der Waals surface area contributed by atoms with Crippen molar-refractivity contribution in [2.45, 2.75) is 25.2 Å². The van der Waals surface area contributed by atoms with Gasteiger partial charge in [0.2, 0.25) is 0 Å². The number of carbonyl (C=O) groups excluding carboxylic acids is 1. The standard InChI is InChI=1S/C21H23FN2O2S/c1-23(2)13-6-7-14(15(22)12-13)18-20(25)19(21(18)26)16-8-9-17(27-16)24-10-4-3-5-11-24/h6-9,12,19,25H,3-5,10-11H2,1-2H3/p-1. The van der Waals surface area contributed by atoms with Gasteiger partial charge in [0.05, 0.1) is 10.9 Å². The number of hydrogen-bond acceptors (Lipinski definition) is 5. The summed E-state index contributed by atoms with van der Waals surface area (Å²) in [6.07, 6.45) is 3.61. The molecule has 0 spiro atoms. The largest absolute Gasteiger partial charge is 0.874 e. The maximum absolute atomic E-state index is 14.4. The van der Waals surface area contributed by atoms with E-state index < -0.39 is 11.7 Å². The summed E-state index contributed by atoms with van der Waals surface area (Å²) in [6.45, 7) is 2.04. The number of carbonyl (C=O) groups is 1. The number of piperidine rings is 1. The van der Waals surface area contributed by atoms with Crippen molar-refractivity contribution < 1.29 is 14.3 Å². The van der Waals surface area contributed by atoms with E-state index >= 15 is 0 Å². The minimum atomic E-state index is -0.767. The molecule has 1 aromatic heterocycles. The van der Waals surface area contributed by atoms with Crippen LogP contribution >= 0.6 is 11.3 Å². The molecule has 6 heteroatoms. The van der Waals surface area contributed by atoms with Crippen molar-refractivity contribution >= 4 is 33.4 Å². The van der Waals surface area contributed by atoms with Gasteiger partial charge >= 0.3 is 0 Å². The first-order valence-corrected chi connectivity index (χ1v) is 10.1. The van der Waals surface area contributed by atoms with Crippen LogP contribution in [0.5, 0.6) is 0 Å². The topological polar surface area (TPSA) is 46.6 Å². The maximum atomic E-state index is 14.4. The van der Waals surface area contributed by atoms with Crippen LogP contribution in [0, 0.1) is 5.82 Å². The summed E-state index contributed by atoms with van der Waals surface area (Å²) in [6, 6.07) is 8.47. The van der Waals surface area contributed by atoms with Gasteiger partial charge in [0, 0.05) is 48.9 Å². The summed E-state index contributed by atoms with van der Waals surface area (Å²) in [5.74, 6) is -1.85. The Kier molecular flexibility index (Phi) is 4.68. The molecule has 1 fully saturated rings. The zero-order valence-electron chi connectivity index (χ0n) is 15.5. The third kappa shape index (κ3) is 3.12. The number of benzene rings is 1. The summed E-state index contributed by atoms with van der Waals surface area (Å²) in [4.78, 5) is 17.5. The molecule has 2 aromatic rings. The van der Waals surface area contributed by atoms with Crippen molar-refractivity contribution in [2.24, 2.45) is 0 Å². The van der Waals surface area contributed by atoms with E-state index in [1.54, 1.807) is 11.0 Å². The van der Waals surface area contributed by atoms with Crippen LogP contribution in [0.4, 0.5) is 15.1 Å². The summed E-state index contributed by atoms with van der Waals surface area (Å²) >= 11 is 1.51.